The molecule has 2 heterocycles. The molecule has 2 amide bonds. The van der Waals surface area contributed by atoms with Crippen molar-refractivity contribution in [2.45, 2.75) is 5.92 Å². The van der Waals surface area contributed by atoms with Crippen LogP contribution in [0.3, 0.4) is 0 Å². The monoisotopic (exact) mass is 544 g/mol. The second kappa shape index (κ2) is 12.1. The quantitative estimate of drug-likeness (QED) is 0.421. The smallest absolute Gasteiger partial charge is 0.240 e. The van der Waals surface area contributed by atoms with Crippen molar-refractivity contribution in [1.82, 2.24) is 9.80 Å². The van der Waals surface area contributed by atoms with Crippen molar-refractivity contribution in [2.75, 3.05) is 63.1 Å². The lowest BCUT2D eigenvalue weighted by Gasteiger charge is -2.34. The number of fused-ring (bicyclic) bond motifs is 1. The topological polar surface area (TPSA) is 94.3 Å². The van der Waals surface area contributed by atoms with E-state index in [1.54, 1.807) is 24.1 Å². The van der Waals surface area contributed by atoms with Crippen LogP contribution in [-0.2, 0) is 9.59 Å². The molecule has 3 N–H and O–H groups in total. The van der Waals surface area contributed by atoms with Crippen molar-refractivity contribution >= 4 is 46.2 Å². The van der Waals surface area contributed by atoms with Crippen LogP contribution in [0, 0.1) is 0 Å². The summed E-state index contributed by atoms with van der Waals surface area (Å²) in [7, 11) is 1.80. The lowest BCUT2D eigenvalue weighted by molar-refractivity contribution is -0.120. The highest BCUT2D eigenvalue weighted by Crippen LogP contribution is 2.37. The molecule has 1 fully saturated rings. The highest BCUT2D eigenvalue weighted by Gasteiger charge is 2.35. The van der Waals surface area contributed by atoms with Crippen LogP contribution in [0.15, 0.2) is 77.8 Å². The molecule has 0 saturated carbocycles. The molecule has 8 nitrogen and oxygen atoms in total. The first-order chi connectivity index (χ1) is 18.9. The number of carbonyl (C=O) groups excluding carboxylic acids is 2. The summed E-state index contributed by atoms with van der Waals surface area (Å²) in [4.78, 5) is 37.2. The van der Waals surface area contributed by atoms with E-state index in [1.807, 2.05) is 60.7 Å². The van der Waals surface area contributed by atoms with Crippen LogP contribution >= 0.6 is 11.6 Å². The van der Waals surface area contributed by atoms with Gasteiger partial charge < -0.3 is 16.0 Å². The Morgan fingerprint density at radius 3 is 2.41 bits per heavy atom. The van der Waals surface area contributed by atoms with E-state index in [0.29, 0.717) is 35.2 Å². The third kappa shape index (κ3) is 6.20. The van der Waals surface area contributed by atoms with Gasteiger partial charge >= 0.3 is 0 Å². The van der Waals surface area contributed by atoms with Crippen LogP contribution < -0.4 is 16.0 Å². The Morgan fingerprint density at radius 2 is 1.72 bits per heavy atom. The number of nitrogens with one attached hydrogen (secondary N) is 1. The van der Waals surface area contributed by atoms with E-state index in [4.69, 9.17) is 22.3 Å². The van der Waals surface area contributed by atoms with Gasteiger partial charge in [-0.25, -0.2) is 0 Å². The molecule has 0 bridgehead atoms. The van der Waals surface area contributed by atoms with Crippen LogP contribution in [0.4, 0.5) is 17.1 Å². The highest BCUT2D eigenvalue weighted by molar-refractivity contribution is 6.31. The summed E-state index contributed by atoms with van der Waals surface area (Å²) >= 11 is 6.16. The molecular formula is C30H33ClN6O2. The van der Waals surface area contributed by atoms with Crippen LogP contribution in [-0.4, -0.2) is 80.2 Å². The molecule has 1 atom stereocenters. The fourth-order valence-electron chi connectivity index (χ4n) is 5.10. The maximum Gasteiger partial charge on any atom is 0.240 e. The maximum atomic E-state index is 13.1. The van der Waals surface area contributed by atoms with Crippen LogP contribution in [0.25, 0.3) is 0 Å². The highest BCUT2D eigenvalue weighted by atomic mass is 35.5. The van der Waals surface area contributed by atoms with Crippen LogP contribution in [0.5, 0.6) is 0 Å². The van der Waals surface area contributed by atoms with E-state index < -0.39 is 5.92 Å². The van der Waals surface area contributed by atoms with E-state index in [-0.39, 0.29) is 11.8 Å². The van der Waals surface area contributed by atoms with Crippen molar-refractivity contribution in [3.63, 3.8) is 0 Å². The molecule has 1 saturated heterocycles. The van der Waals surface area contributed by atoms with Crippen LogP contribution in [0.2, 0.25) is 5.02 Å². The standard InChI is InChI=1S/C30H33ClN6O2/c1-35(27(38)20-37-17-15-36(14-13-32)16-18-37)24-10-8-23(9-11-24)33-29(21-5-3-2-4-6-21)28-25-12-7-22(31)19-26(25)34-30(28)39/h2-12,19,28H,13-18,20,32H2,1H3,(H,34,39). The minimum absolute atomic E-state index is 0.0430. The van der Waals surface area contributed by atoms with Gasteiger partial charge in [-0.05, 0) is 47.5 Å². The molecule has 3 aromatic carbocycles. The lowest BCUT2D eigenvalue weighted by Crippen LogP contribution is -2.50. The summed E-state index contributed by atoms with van der Waals surface area (Å²) in [6, 6.07) is 22.7. The first-order valence-electron chi connectivity index (χ1n) is 13.2. The zero-order chi connectivity index (χ0) is 27.4. The van der Waals surface area contributed by atoms with Gasteiger partial charge in [-0.3, -0.25) is 24.4 Å². The average Bonchev–Trinajstić information content (AvgIpc) is 3.27. The second-order valence-corrected chi connectivity index (χ2v) is 10.3. The SMILES string of the molecule is CN(C(=O)CN1CCN(CCN)CC1)c1ccc(N=C(c2ccccc2)C2C(=O)Nc3cc(Cl)ccc32)cc1. The fraction of sp³-hybridized carbons (Fsp3) is 0.300. The lowest BCUT2D eigenvalue weighted by atomic mass is 9.90. The van der Waals surface area contributed by atoms with Crippen molar-refractivity contribution < 1.29 is 9.59 Å². The molecule has 2 aliphatic rings. The normalized spacial score (nSPS) is 18.1. The number of amides is 2. The predicted octanol–water partition coefficient (Wildman–Crippen LogP) is 3.74. The van der Waals surface area contributed by atoms with Gasteiger partial charge in [0.15, 0.2) is 0 Å². The van der Waals surface area contributed by atoms with Gasteiger partial charge in [0.25, 0.3) is 0 Å². The molecule has 3 aromatic rings. The van der Waals surface area contributed by atoms with Gasteiger partial charge in [0.05, 0.1) is 17.9 Å². The first-order valence-corrected chi connectivity index (χ1v) is 13.6. The number of piperazine rings is 1. The van der Waals surface area contributed by atoms with Crippen molar-refractivity contribution in [2.24, 2.45) is 10.7 Å². The number of hydrogen-bond acceptors (Lipinski definition) is 6. The Balaban J connectivity index is 1.34. The van der Waals surface area contributed by atoms with Gasteiger partial charge in [-0.1, -0.05) is 48.0 Å². The summed E-state index contributed by atoms with van der Waals surface area (Å²) in [5, 5.41) is 3.51. The third-order valence-corrected chi connectivity index (χ3v) is 7.55. The number of halogens is 1. The van der Waals surface area contributed by atoms with E-state index in [0.717, 1.165) is 49.5 Å². The summed E-state index contributed by atoms with van der Waals surface area (Å²) in [5.74, 6) is -0.656. The Labute approximate surface area is 234 Å². The number of anilines is 2. The molecular weight excluding hydrogens is 512 g/mol. The number of rotatable bonds is 8. The molecule has 5 rings (SSSR count). The summed E-state index contributed by atoms with van der Waals surface area (Å²) in [6.07, 6.45) is 0. The fourth-order valence-corrected chi connectivity index (χ4v) is 5.27. The Kier molecular flexibility index (Phi) is 8.38. The van der Waals surface area contributed by atoms with E-state index >= 15 is 0 Å². The average molecular weight is 545 g/mol. The van der Waals surface area contributed by atoms with Crippen LogP contribution in [0.1, 0.15) is 17.0 Å². The molecule has 1 unspecified atom stereocenters. The zero-order valence-corrected chi connectivity index (χ0v) is 22.8. The van der Waals surface area contributed by atoms with Gasteiger partial charge in [-0.15, -0.1) is 0 Å². The molecule has 0 spiro atoms. The van der Waals surface area contributed by atoms with Crippen molar-refractivity contribution in [3.05, 3.63) is 88.9 Å². The predicted molar refractivity (Wildman–Crippen MR) is 157 cm³/mol. The number of aliphatic imine (C=N–C) groups is 1. The number of nitrogens with two attached hydrogens (primary N) is 1. The number of benzene rings is 3. The molecule has 202 valence electrons. The van der Waals surface area contributed by atoms with Crippen molar-refractivity contribution in [1.29, 1.82) is 0 Å². The van der Waals surface area contributed by atoms with E-state index in [9.17, 15) is 9.59 Å². The molecule has 0 aromatic heterocycles. The molecule has 9 heteroatoms. The third-order valence-electron chi connectivity index (χ3n) is 7.32. The van der Waals surface area contributed by atoms with Gasteiger partial charge in [0, 0.05) is 62.7 Å². The van der Waals surface area contributed by atoms with Gasteiger partial charge in [0.1, 0.15) is 5.92 Å². The first kappa shape index (κ1) is 27.0. The molecule has 2 aliphatic heterocycles. The minimum Gasteiger partial charge on any atom is -0.329 e. The van der Waals surface area contributed by atoms with Gasteiger partial charge in [0.2, 0.25) is 11.8 Å². The summed E-state index contributed by atoms with van der Waals surface area (Å²) in [6.45, 7) is 5.52. The molecule has 0 aliphatic carbocycles. The Hall–Kier alpha value is -3.56. The number of nitrogens with zero attached hydrogens (tertiary/aromatic N) is 4. The zero-order valence-electron chi connectivity index (χ0n) is 22.0. The van der Waals surface area contributed by atoms with E-state index in [2.05, 4.69) is 15.1 Å². The molecule has 39 heavy (non-hydrogen) atoms. The number of likely N-dealkylation sites (N-methyl/N-ethyl adjacent to an activating group) is 1. The number of carbonyl (C=O) groups is 2. The Bertz CT molecular complexity index is 1350. The number of hydrogen-bond donors (Lipinski definition) is 2. The van der Waals surface area contributed by atoms with E-state index in [1.165, 1.54) is 0 Å². The summed E-state index contributed by atoms with van der Waals surface area (Å²) < 4.78 is 0. The summed E-state index contributed by atoms with van der Waals surface area (Å²) in [5.41, 5.74) is 10.2. The minimum atomic E-state index is -0.561. The molecule has 0 radical (unpaired) electrons. The Morgan fingerprint density at radius 1 is 1.03 bits per heavy atom. The largest absolute Gasteiger partial charge is 0.329 e. The second-order valence-electron chi connectivity index (χ2n) is 9.89. The van der Waals surface area contributed by atoms with Crippen molar-refractivity contribution in [3.8, 4) is 0 Å². The maximum absolute atomic E-state index is 13.1. The van der Waals surface area contributed by atoms with Gasteiger partial charge in [-0.2, -0.15) is 0 Å².